The topological polar surface area (TPSA) is 37.9 Å². The summed E-state index contributed by atoms with van der Waals surface area (Å²) in [4.78, 5) is 0. The fourth-order valence-electron chi connectivity index (χ4n) is 1.30. The molecule has 60 valence electrons. The Morgan fingerprint density at radius 1 is 1.73 bits per heavy atom. The van der Waals surface area contributed by atoms with Crippen LogP contribution in [-0.4, -0.2) is 23.4 Å². The molecule has 1 unspecified atom stereocenters. The number of ether oxygens (including phenoxy) is 1. The Balaban J connectivity index is 2.15. The van der Waals surface area contributed by atoms with Crippen molar-refractivity contribution in [3.63, 3.8) is 0 Å². The van der Waals surface area contributed by atoms with E-state index in [0.717, 1.165) is 23.3 Å². The first-order valence-corrected chi connectivity index (χ1v) is 4.72. The minimum atomic E-state index is 0.547. The summed E-state index contributed by atoms with van der Waals surface area (Å²) >= 11 is 2.20. The van der Waals surface area contributed by atoms with Crippen molar-refractivity contribution in [2.75, 3.05) is 13.2 Å². The zero-order chi connectivity index (χ0) is 7.68. The Labute approximate surface area is 78.7 Å². The van der Waals surface area contributed by atoms with Crippen molar-refractivity contribution in [1.29, 1.82) is 0 Å². The number of H-pyrrole nitrogens is 1. The van der Waals surface area contributed by atoms with Gasteiger partial charge in [-0.2, -0.15) is 5.10 Å². The van der Waals surface area contributed by atoms with Gasteiger partial charge in [0.15, 0.2) is 0 Å². The van der Waals surface area contributed by atoms with Crippen molar-refractivity contribution < 1.29 is 4.74 Å². The summed E-state index contributed by atoms with van der Waals surface area (Å²) in [5.41, 5.74) is 1.21. The van der Waals surface area contributed by atoms with Gasteiger partial charge < -0.3 is 4.74 Å². The maximum absolute atomic E-state index is 5.27. The second-order valence-corrected chi connectivity index (χ2v) is 3.81. The van der Waals surface area contributed by atoms with E-state index in [0.29, 0.717) is 5.92 Å². The highest BCUT2D eigenvalue weighted by Crippen LogP contribution is 2.23. The molecule has 0 spiro atoms. The van der Waals surface area contributed by atoms with Gasteiger partial charge in [-0.1, -0.05) is 0 Å². The molecular weight excluding hydrogens is 255 g/mol. The second-order valence-electron chi connectivity index (χ2n) is 2.71. The van der Waals surface area contributed by atoms with Crippen molar-refractivity contribution in [1.82, 2.24) is 10.2 Å². The number of nitrogens with zero attached hydrogens (tertiary/aromatic N) is 1. The van der Waals surface area contributed by atoms with Crippen LogP contribution in [0.2, 0.25) is 0 Å². The minimum Gasteiger partial charge on any atom is -0.381 e. The van der Waals surface area contributed by atoms with Gasteiger partial charge in [-0.3, -0.25) is 5.10 Å². The van der Waals surface area contributed by atoms with Gasteiger partial charge in [0.2, 0.25) is 0 Å². The van der Waals surface area contributed by atoms with Crippen LogP contribution in [0.4, 0.5) is 0 Å². The van der Waals surface area contributed by atoms with E-state index >= 15 is 0 Å². The van der Waals surface area contributed by atoms with Gasteiger partial charge in [-0.05, 0) is 35.1 Å². The van der Waals surface area contributed by atoms with Crippen molar-refractivity contribution in [3.05, 3.63) is 15.5 Å². The van der Waals surface area contributed by atoms with E-state index in [4.69, 9.17) is 4.74 Å². The highest BCUT2D eigenvalue weighted by atomic mass is 127. The van der Waals surface area contributed by atoms with Crippen LogP contribution >= 0.6 is 22.6 Å². The molecule has 2 heterocycles. The molecule has 2 rings (SSSR count). The largest absolute Gasteiger partial charge is 0.381 e. The number of aromatic amines is 1. The summed E-state index contributed by atoms with van der Waals surface area (Å²) in [5.74, 6) is 0.547. The van der Waals surface area contributed by atoms with Crippen molar-refractivity contribution in [2.45, 2.75) is 12.3 Å². The average Bonchev–Trinajstić information content (AvgIpc) is 2.55. The van der Waals surface area contributed by atoms with Crippen LogP contribution in [0, 0.1) is 3.70 Å². The Morgan fingerprint density at radius 3 is 3.18 bits per heavy atom. The maximum atomic E-state index is 5.27. The standard InChI is InChI=1S/C7H9IN2O/c8-7-3-6(9-10-7)5-1-2-11-4-5/h3,5H,1-2,4H2,(H,9,10). The van der Waals surface area contributed by atoms with Crippen LogP contribution in [0.15, 0.2) is 6.07 Å². The lowest BCUT2D eigenvalue weighted by molar-refractivity contribution is 0.193. The molecule has 0 saturated carbocycles. The molecule has 0 radical (unpaired) electrons. The third-order valence-electron chi connectivity index (χ3n) is 1.94. The SMILES string of the molecule is Ic1cc(C2CCOC2)[nH]n1. The minimum absolute atomic E-state index is 0.547. The Hall–Kier alpha value is -0.100. The van der Waals surface area contributed by atoms with Gasteiger partial charge in [-0.25, -0.2) is 0 Å². The van der Waals surface area contributed by atoms with Crippen LogP contribution < -0.4 is 0 Å². The molecule has 0 aliphatic carbocycles. The quantitative estimate of drug-likeness (QED) is 0.781. The first kappa shape index (κ1) is 7.54. The summed E-state index contributed by atoms with van der Waals surface area (Å²) in [6.07, 6.45) is 1.12. The van der Waals surface area contributed by atoms with Crippen LogP contribution in [0.5, 0.6) is 0 Å². The summed E-state index contributed by atoms with van der Waals surface area (Å²) in [6, 6.07) is 2.08. The normalized spacial score (nSPS) is 24.3. The Kier molecular flexibility index (Phi) is 2.13. The van der Waals surface area contributed by atoms with Gasteiger partial charge in [0.05, 0.1) is 6.61 Å². The molecule has 1 saturated heterocycles. The van der Waals surface area contributed by atoms with Gasteiger partial charge in [0.1, 0.15) is 3.70 Å². The molecular formula is C7H9IN2O. The van der Waals surface area contributed by atoms with E-state index in [2.05, 4.69) is 38.9 Å². The van der Waals surface area contributed by atoms with Crippen LogP contribution in [0.1, 0.15) is 18.0 Å². The number of nitrogens with one attached hydrogen (secondary N) is 1. The van der Waals surface area contributed by atoms with Crippen LogP contribution in [0.25, 0.3) is 0 Å². The highest BCUT2D eigenvalue weighted by Gasteiger charge is 2.19. The third kappa shape index (κ3) is 1.56. The lowest BCUT2D eigenvalue weighted by Crippen LogP contribution is -1.97. The zero-order valence-electron chi connectivity index (χ0n) is 6.01. The first-order chi connectivity index (χ1) is 5.36. The average molecular weight is 264 g/mol. The Bertz CT molecular complexity index is 242. The molecule has 1 fully saturated rings. The van der Waals surface area contributed by atoms with E-state index in [1.807, 2.05) is 0 Å². The van der Waals surface area contributed by atoms with Gasteiger partial charge in [-0.15, -0.1) is 0 Å². The van der Waals surface area contributed by atoms with Crippen molar-refractivity contribution in [3.8, 4) is 0 Å². The van der Waals surface area contributed by atoms with Gasteiger partial charge >= 0.3 is 0 Å². The first-order valence-electron chi connectivity index (χ1n) is 3.65. The Morgan fingerprint density at radius 2 is 2.64 bits per heavy atom. The molecule has 1 aliphatic rings. The summed E-state index contributed by atoms with van der Waals surface area (Å²) in [5, 5.41) is 7.08. The number of hydrogen-bond donors (Lipinski definition) is 1. The fourth-order valence-corrected chi connectivity index (χ4v) is 1.76. The van der Waals surface area contributed by atoms with E-state index in [1.54, 1.807) is 0 Å². The molecule has 1 N–H and O–H groups in total. The second kappa shape index (κ2) is 3.10. The maximum Gasteiger partial charge on any atom is 0.123 e. The zero-order valence-corrected chi connectivity index (χ0v) is 8.17. The molecule has 3 nitrogen and oxygen atoms in total. The monoisotopic (exact) mass is 264 g/mol. The van der Waals surface area contributed by atoms with E-state index < -0.39 is 0 Å². The lowest BCUT2D eigenvalue weighted by atomic mass is 10.1. The third-order valence-corrected chi connectivity index (χ3v) is 2.49. The number of aromatic nitrogens is 2. The number of rotatable bonds is 1. The molecule has 0 bridgehead atoms. The molecule has 1 atom stereocenters. The highest BCUT2D eigenvalue weighted by molar-refractivity contribution is 14.1. The van der Waals surface area contributed by atoms with Gasteiger partial charge in [0, 0.05) is 18.2 Å². The molecule has 1 aliphatic heterocycles. The summed E-state index contributed by atoms with van der Waals surface area (Å²) in [7, 11) is 0. The van der Waals surface area contributed by atoms with Crippen LogP contribution in [0.3, 0.4) is 0 Å². The fraction of sp³-hybridized carbons (Fsp3) is 0.571. The number of hydrogen-bond acceptors (Lipinski definition) is 2. The summed E-state index contributed by atoms with van der Waals surface area (Å²) < 4.78 is 6.30. The number of halogens is 1. The van der Waals surface area contributed by atoms with Crippen molar-refractivity contribution >= 4 is 22.6 Å². The van der Waals surface area contributed by atoms with Crippen molar-refractivity contribution in [2.24, 2.45) is 0 Å². The lowest BCUT2D eigenvalue weighted by Gasteiger charge is -2.00. The molecule has 1 aromatic rings. The van der Waals surface area contributed by atoms with Crippen LogP contribution in [-0.2, 0) is 4.74 Å². The molecule has 11 heavy (non-hydrogen) atoms. The van der Waals surface area contributed by atoms with Gasteiger partial charge in [0.25, 0.3) is 0 Å². The molecule has 4 heteroatoms. The van der Waals surface area contributed by atoms with E-state index in [1.165, 1.54) is 5.69 Å². The molecule has 0 aromatic carbocycles. The van der Waals surface area contributed by atoms with E-state index in [9.17, 15) is 0 Å². The predicted molar refractivity (Wildman–Crippen MR) is 49.5 cm³/mol. The predicted octanol–water partition coefficient (Wildman–Crippen LogP) is 1.52. The molecule has 1 aromatic heterocycles. The van der Waals surface area contributed by atoms with E-state index in [-0.39, 0.29) is 0 Å². The molecule has 0 amide bonds. The summed E-state index contributed by atoms with van der Waals surface area (Å²) in [6.45, 7) is 1.73. The smallest absolute Gasteiger partial charge is 0.123 e.